The molecule has 1 aliphatic heterocycles. The van der Waals surface area contributed by atoms with E-state index in [2.05, 4.69) is 78.8 Å². The molecule has 4 N–H and O–H groups in total. The fraction of sp³-hybridized carbons (Fsp3) is 0.796. The highest BCUT2D eigenvalue weighted by Crippen LogP contribution is 2.26. The number of unbranched alkanes of at least 4 members (excludes halogenated alkanes) is 23. The summed E-state index contributed by atoms with van der Waals surface area (Å²) in [6, 6.07) is 0. The van der Waals surface area contributed by atoms with Crippen molar-refractivity contribution in [3.8, 4) is 0 Å². The van der Waals surface area contributed by atoms with Crippen molar-refractivity contribution in [1.82, 2.24) is 0 Å². The van der Waals surface area contributed by atoms with Gasteiger partial charge in [0.2, 0.25) is 0 Å². The SMILES string of the molecule is CC/C=C\C/C=C\C/C=C\C/C=C\CCCCCCCCCCCOCC(COC1OC(CO)C(O)C(OS(=O)(=O)O)C1O)OC(=O)CCCCCCCCC/C=C\CCCCCCCCC. The van der Waals surface area contributed by atoms with Crippen LogP contribution in [0.3, 0.4) is 0 Å². The zero-order chi connectivity index (χ0) is 48.9. The van der Waals surface area contributed by atoms with Crippen molar-refractivity contribution in [2.45, 2.75) is 250 Å². The van der Waals surface area contributed by atoms with Gasteiger partial charge in [-0.25, -0.2) is 4.18 Å². The van der Waals surface area contributed by atoms with Crippen molar-refractivity contribution in [2.24, 2.45) is 0 Å². The van der Waals surface area contributed by atoms with Gasteiger partial charge in [0.1, 0.15) is 30.5 Å². The van der Waals surface area contributed by atoms with Crippen LogP contribution in [0.25, 0.3) is 0 Å². The van der Waals surface area contributed by atoms with Crippen molar-refractivity contribution < 1.29 is 56.2 Å². The summed E-state index contributed by atoms with van der Waals surface area (Å²) >= 11 is 0. The van der Waals surface area contributed by atoms with Gasteiger partial charge in [-0.05, 0) is 77.0 Å². The van der Waals surface area contributed by atoms with Crippen molar-refractivity contribution in [2.75, 3.05) is 26.4 Å². The summed E-state index contributed by atoms with van der Waals surface area (Å²) in [5, 5.41) is 30.8. The third-order valence-corrected chi connectivity index (χ3v) is 12.3. The second-order valence-electron chi connectivity index (χ2n) is 18.1. The number of rotatable bonds is 46. The maximum atomic E-state index is 12.9. The number of ether oxygens (including phenoxy) is 4. The van der Waals surface area contributed by atoms with Gasteiger partial charge in [-0.3, -0.25) is 9.35 Å². The lowest BCUT2D eigenvalue weighted by Gasteiger charge is -2.41. The Bertz CT molecular complexity index is 1400. The van der Waals surface area contributed by atoms with E-state index in [0.717, 1.165) is 77.0 Å². The average Bonchev–Trinajstić information content (AvgIpc) is 3.30. The highest BCUT2D eigenvalue weighted by atomic mass is 32.3. The van der Waals surface area contributed by atoms with E-state index in [1.54, 1.807) is 0 Å². The largest absolute Gasteiger partial charge is 0.457 e. The Morgan fingerprint density at radius 3 is 1.52 bits per heavy atom. The van der Waals surface area contributed by atoms with Gasteiger partial charge in [0.15, 0.2) is 6.29 Å². The Morgan fingerprint density at radius 2 is 1.03 bits per heavy atom. The highest BCUT2D eigenvalue weighted by molar-refractivity contribution is 7.80. The zero-order valence-corrected chi connectivity index (χ0v) is 42.8. The van der Waals surface area contributed by atoms with Crippen LogP contribution >= 0.6 is 0 Å². The lowest BCUT2D eigenvalue weighted by atomic mass is 9.99. The first-order chi connectivity index (χ1) is 32.6. The molecule has 1 fully saturated rings. The van der Waals surface area contributed by atoms with Gasteiger partial charge in [-0.1, -0.05) is 190 Å². The van der Waals surface area contributed by atoms with E-state index in [4.69, 9.17) is 18.9 Å². The Hall–Kier alpha value is -2.20. The van der Waals surface area contributed by atoms with Crippen LogP contribution in [0.5, 0.6) is 0 Å². The quantitative estimate of drug-likeness (QED) is 0.0197. The topological polar surface area (TPSA) is 178 Å². The Kier molecular flexibility index (Phi) is 42.2. The van der Waals surface area contributed by atoms with Crippen molar-refractivity contribution in [3.05, 3.63) is 60.8 Å². The summed E-state index contributed by atoms with van der Waals surface area (Å²) in [5.41, 5.74) is 0. The molecular formula is C54H96O12S. The van der Waals surface area contributed by atoms with E-state index < -0.39 is 59.8 Å². The number of hydrogen-bond acceptors (Lipinski definition) is 11. The molecule has 1 heterocycles. The molecule has 390 valence electrons. The van der Waals surface area contributed by atoms with Gasteiger partial charge in [-0.15, -0.1) is 0 Å². The molecule has 0 radical (unpaired) electrons. The number of carbonyl (C=O) groups is 1. The first-order valence-electron chi connectivity index (χ1n) is 26.5. The smallest absolute Gasteiger partial charge is 0.397 e. The number of aliphatic hydroxyl groups is 3. The van der Waals surface area contributed by atoms with Crippen molar-refractivity contribution in [3.63, 3.8) is 0 Å². The van der Waals surface area contributed by atoms with Crippen LogP contribution in [0.15, 0.2) is 60.8 Å². The minimum absolute atomic E-state index is 0.0286. The fourth-order valence-electron chi connectivity index (χ4n) is 7.89. The summed E-state index contributed by atoms with van der Waals surface area (Å²) in [4.78, 5) is 12.9. The summed E-state index contributed by atoms with van der Waals surface area (Å²) in [6.07, 6.45) is 48.2. The molecule has 0 aliphatic carbocycles. The molecule has 0 aromatic heterocycles. The predicted molar refractivity (Wildman–Crippen MR) is 271 cm³/mol. The molecule has 12 nitrogen and oxygen atoms in total. The number of allylic oxidation sites excluding steroid dienone is 10. The van der Waals surface area contributed by atoms with Gasteiger partial charge in [0, 0.05) is 13.0 Å². The van der Waals surface area contributed by atoms with Crippen LogP contribution in [0.4, 0.5) is 0 Å². The van der Waals surface area contributed by atoms with Gasteiger partial charge >= 0.3 is 16.4 Å². The number of esters is 1. The highest BCUT2D eigenvalue weighted by Gasteiger charge is 2.48. The molecule has 0 amide bonds. The average molecular weight is 969 g/mol. The molecule has 13 heteroatoms. The molecule has 0 bridgehead atoms. The van der Waals surface area contributed by atoms with Crippen LogP contribution in [0, 0.1) is 0 Å². The molecule has 67 heavy (non-hydrogen) atoms. The van der Waals surface area contributed by atoms with Crippen LogP contribution in [-0.2, 0) is 38.3 Å². The number of carbonyl (C=O) groups excluding carboxylic acids is 1. The summed E-state index contributed by atoms with van der Waals surface area (Å²) in [7, 11) is -5.07. The lowest BCUT2D eigenvalue weighted by Crippen LogP contribution is -2.60. The Balaban J connectivity index is 2.35. The van der Waals surface area contributed by atoms with Gasteiger partial charge < -0.3 is 34.3 Å². The molecule has 6 atom stereocenters. The first kappa shape index (κ1) is 62.8. The molecule has 0 spiro atoms. The second kappa shape index (κ2) is 45.0. The van der Waals surface area contributed by atoms with E-state index in [1.807, 2.05) is 0 Å². The molecule has 0 saturated carbocycles. The maximum absolute atomic E-state index is 12.9. The molecular weight excluding hydrogens is 873 g/mol. The minimum Gasteiger partial charge on any atom is -0.457 e. The van der Waals surface area contributed by atoms with Crippen molar-refractivity contribution >= 4 is 16.4 Å². The van der Waals surface area contributed by atoms with Crippen molar-refractivity contribution in [1.29, 1.82) is 0 Å². The second-order valence-corrected chi connectivity index (χ2v) is 19.1. The fourth-order valence-corrected chi connectivity index (χ4v) is 8.40. The third kappa shape index (κ3) is 38.3. The van der Waals surface area contributed by atoms with Gasteiger partial charge in [0.05, 0.1) is 19.8 Å². The Morgan fingerprint density at radius 1 is 0.582 bits per heavy atom. The predicted octanol–water partition coefficient (Wildman–Crippen LogP) is 12.5. The summed E-state index contributed by atoms with van der Waals surface area (Å²) < 4.78 is 59.3. The molecule has 1 aliphatic rings. The van der Waals surface area contributed by atoms with Crippen LogP contribution < -0.4 is 0 Å². The van der Waals surface area contributed by atoms with Crippen LogP contribution in [-0.4, -0.2) is 97.5 Å². The molecule has 1 saturated heterocycles. The van der Waals surface area contributed by atoms with E-state index >= 15 is 0 Å². The number of aliphatic hydroxyl groups excluding tert-OH is 3. The first-order valence-corrected chi connectivity index (χ1v) is 27.9. The molecule has 0 aromatic rings. The monoisotopic (exact) mass is 969 g/mol. The molecule has 1 rings (SSSR count). The van der Waals surface area contributed by atoms with Crippen LogP contribution in [0.2, 0.25) is 0 Å². The maximum Gasteiger partial charge on any atom is 0.397 e. The third-order valence-electron chi connectivity index (χ3n) is 11.9. The van der Waals surface area contributed by atoms with E-state index in [9.17, 15) is 33.1 Å². The molecule has 6 unspecified atom stereocenters. The zero-order valence-electron chi connectivity index (χ0n) is 41.9. The van der Waals surface area contributed by atoms with E-state index in [1.165, 1.54) is 109 Å². The van der Waals surface area contributed by atoms with Crippen LogP contribution in [0.1, 0.15) is 213 Å². The van der Waals surface area contributed by atoms with E-state index in [0.29, 0.717) is 13.0 Å². The lowest BCUT2D eigenvalue weighted by molar-refractivity contribution is -0.301. The normalized spacial score (nSPS) is 19.9. The van der Waals surface area contributed by atoms with Gasteiger partial charge in [-0.2, -0.15) is 8.42 Å². The van der Waals surface area contributed by atoms with Gasteiger partial charge in [0.25, 0.3) is 0 Å². The summed E-state index contributed by atoms with van der Waals surface area (Å²) in [5.74, 6) is -0.406. The standard InChI is InChI=1S/C54H96O12S/c1-3-5-7-9-11-13-15-17-19-21-23-24-25-26-28-30-32-34-36-38-40-42-44-62-46-48(47-63-54-52(58)53(66-67(59,60)61)51(57)49(45-55)65-54)64-50(56)43-41-39-37-35-33-31-29-27-22-20-18-16-14-12-10-8-6-4-2/h5,7,11,13,17,19-20,22-24,48-49,51-55,57-58H,3-4,6,8-10,12,14-16,18,21,25-47H2,1-2H3,(H,59,60,61)/b7-5-,13-11-,19-17-,22-20-,24-23-. The minimum atomic E-state index is -5.07. The Labute approximate surface area is 408 Å². The van der Waals surface area contributed by atoms with E-state index in [-0.39, 0.29) is 19.6 Å². The number of hydrogen-bond donors (Lipinski definition) is 4. The summed E-state index contributed by atoms with van der Waals surface area (Å²) in [6.45, 7) is 3.87. The molecule has 0 aromatic carbocycles.